The first-order valence-corrected chi connectivity index (χ1v) is 5.10. The zero-order valence-corrected chi connectivity index (χ0v) is 9.03. The minimum Gasteiger partial charge on any atom is -0.480 e. The molecule has 0 rings (SSSR count). The summed E-state index contributed by atoms with van der Waals surface area (Å²) in [7, 11) is 0. The van der Waals surface area contributed by atoms with E-state index >= 15 is 0 Å². The molecule has 1 unspecified atom stereocenters. The zero-order chi connectivity index (χ0) is 11.0. The van der Waals surface area contributed by atoms with Gasteiger partial charge in [-0.3, -0.25) is 4.79 Å². The van der Waals surface area contributed by atoms with Crippen molar-refractivity contribution in [3.63, 3.8) is 0 Å². The van der Waals surface area contributed by atoms with Crippen LogP contribution in [0.15, 0.2) is 0 Å². The highest BCUT2D eigenvalue weighted by Gasteiger charge is 2.10. The quantitative estimate of drug-likeness (QED) is 0.582. The molecule has 0 aliphatic heterocycles. The fraction of sp³-hybridized carbons (Fsp3) is 0.900. The number of carboxylic acid groups (broad SMARTS) is 1. The maximum atomic E-state index is 10.3. The van der Waals surface area contributed by atoms with E-state index < -0.39 is 12.0 Å². The van der Waals surface area contributed by atoms with Gasteiger partial charge in [0.1, 0.15) is 6.04 Å². The van der Waals surface area contributed by atoms with E-state index in [9.17, 15) is 4.79 Å². The second kappa shape index (κ2) is 7.76. The maximum Gasteiger partial charge on any atom is 0.320 e. The standard InChI is InChI=1S/C10H21NO3/c1-8(2)4-3-6-14-7-5-9(11)10(12)13/h8-9H,3-7,11H2,1-2H3,(H,12,13). The Kier molecular flexibility index (Phi) is 7.42. The lowest BCUT2D eigenvalue weighted by atomic mass is 10.1. The van der Waals surface area contributed by atoms with E-state index in [1.165, 1.54) is 0 Å². The number of hydrogen-bond donors (Lipinski definition) is 2. The summed E-state index contributed by atoms with van der Waals surface area (Å²) in [6.45, 7) is 5.47. The van der Waals surface area contributed by atoms with Gasteiger partial charge in [-0.2, -0.15) is 0 Å². The van der Waals surface area contributed by atoms with Crippen LogP contribution in [-0.4, -0.2) is 30.3 Å². The molecule has 0 saturated heterocycles. The third-order valence-electron chi connectivity index (χ3n) is 1.96. The first kappa shape index (κ1) is 13.4. The Hall–Kier alpha value is -0.610. The maximum absolute atomic E-state index is 10.3. The van der Waals surface area contributed by atoms with Gasteiger partial charge >= 0.3 is 5.97 Å². The molecular weight excluding hydrogens is 182 g/mol. The molecule has 4 nitrogen and oxygen atoms in total. The SMILES string of the molecule is CC(C)CCCOCCC(N)C(=O)O. The van der Waals surface area contributed by atoms with Gasteiger partial charge in [0.25, 0.3) is 0 Å². The molecule has 1 atom stereocenters. The molecule has 0 aromatic heterocycles. The van der Waals surface area contributed by atoms with E-state index in [-0.39, 0.29) is 0 Å². The molecule has 0 aromatic carbocycles. The van der Waals surface area contributed by atoms with Crippen LogP contribution < -0.4 is 5.73 Å². The highest BCUT2D eigenvalue weighted by Crippen LogP contribution is 2.03. The Labute approximate surface area is 85.4 Å². The van der Waals surface area contributed by atoms with Gasteiger partial charge < -0.3 is 15.6 Å². The number of rotatable bonds is 8. The summed E-state index contributed by atoms with van der Waals surface area (Å²) in [6, 6.07) is -0.792. The number of carboxylic acids is 1. The molecule has 84 valence electrons. The number of hydrogen-bond acceptors (Lipinski definition) is 3. The molecule has 4 heteroatoms. The fourth-order valence-corrected chi connectivity index (χ4v) is 1.03. The Bertz CT molecular complexity index is 159. The topological polar surface area (TPSA) is 72.5 Å². The molecule has 0 radical (unpaired) electrons. The number of nitrogens with two attached hydrogens (primary N) is 1. The highest BCUT2D eigenvalue weighted by molar-refractivity contribution is 5.72. The molecule has 0 amide bonds. The summed E-state index contributed by atoms with van der Waals surface area (Å²) in [5.74, 6) is -0.268. The van der Waals surface area contributed by atoms with Crippen molar-refractivity contribution in [2.75, 3.05) is 13.2 Å². The lowest BCUT2D eigenvalue weighted by Gasteiger charge is -2.08. The van der Waals surface area contributed by atoms with Gasteiger partial charge in [0.15, 0.2) is 0 Å². The smallest absolute Gasteiger partial charge is 0.320 e. The van der Waals surface area contributed by atoms with Crippen LogP contribution in [0, 0.1) is 5.92 Å². The first-order chi connectivity index (χ1) is 6.54. The third-order valence-corrected chi connectivity index (χ3v) is 1.96. The average molecular weight is 203 g/mol. The molecular formula is C10H21NO3. The van der Waals surface area contributed by atoms with E-state index in [0.29, 0.717) is 25.6 Å². The van der Waals surface area contributed by atoms with Gasteiger partial charge in [-0.1, -0.05) is 13.8 Å². The Morgan fingerprint density at radius 2 is 2.00 bits per heavy atom. The van der Waals surface area contributed by atoms with Crippen LogP contribution in [0.1, 0.15) is 33.1 Å². The molecule has 0 bridgehead atoms. The van der Waals surface area contributed by atoms with E-state index in [4.69, 9.17) is 15.6 Å². The van der Waals surface area contributed by atoms with Crippen LogP contribution in [0.2, 0.25) is 0 Å². The molecule has 0 fully saturated rings. The van der Waals surface area contributed by atoms with Crippen LogP contribution in [0.25, 0.3) is 0 Å². The number of carbonyl (C=O) groups is 1. The molecule has 0 aromatic rings. The van der Waals surface area contributed by atoms with Crippen molar-refractivity contribution in [1.29, 1.82) is 0 Å². The summed E-state index contributed by atoms with van der Waals surface area (Å²) < 4.78 is 5.26. The van der Waals surface area contributed by atoms with Crippen molar-refractivity contribution < 1.29 is 14.6 Å². The fourth-order valence-electron chi connectivity index (χ4n) is 1.03. The van der Waals surface area contributed by atoms with E-state index in [1.54, 1.807) is 0 Å². The minimum atomic E-state index is -0.962. The van der Waals surface area contributed by atoms with Crippen LogP contribution in [0.5, 0.6) is 0 Å². The van der Waals surface area contributed by atoms with E-state index in [1.807, 2.05) is 0 Å². The van der Waals surface area contributed by atoms with Crippen LogP contribution in [0.4, 0.5) is 0 Å². The Morgan fingerprint density at radius 3 is 2.50 bits per heavy atom. The monoisotopic (exact) mass is 203 g/mol. The van der Waals surface area contributed by atoms with E-state index in [0.717, 1.165) is 12.8 Å². The van der Waals surface area contributed by atoms with Crippen molar-refractivity contribution in [3.8, 4) is 0 Å². The molecule has 0 aliphatic carbocycles. The summed E-state index contributed by atoms with van der Waals surface area (Å²) in [4.78, 5) is 10.3. The van der Waals surface area contributed by atoms with Crippen LogP contribution in [-0.2, 0) is 9.53 Å². The minimum absolute atomic E-state index is 0.386. The van der Waals surface area contributed by atoms with Gasteiger partial charge in [-0.05, 0) is 25.2 Å². The second-order valence-corrected chi connectivity index (χ2v) is 3.88. The van der Waals surface area contributed by atoms with E-state index in [2.05, 4.69) is 13.8 Å². The number of aliphatic carboxylic acids is 1. The largest absolute Gasteiger partial charge is 0.480 e. The van der Waals surface area contributed by atoms with Crippen LogP contribution in [0.3, 0.4) is 0 Å². The Morgan fingerprint density at radius 1 is 1.36 bits per heavy atom. The van der Waals surface area contributed by atoms with Crippen molar-refractivity contribution in [3.05, 3.63) is 0 Å². The summed E-state index contributed by atoms with van der Waals surface area (Å²) >= 11 is 0. The van der Waals surface area contributed by atoms with Crippen molar-refractivity contribution in [1.82, 2.24) is 0 Å². The second-order valence-electron chi connectivity index (χ2n) is 3.88. The van der Waals surface area contributed by atoms with Gasteiger partial charge in [-0.25, -0.2) is 0 Å². The van der Waals surface area contributed by atoms with Crippen molar-refractivity contribution in [2.45, 2.75) is 39.2 Å². The predicted molar refractivity (Wildman–Crippen MR) is 55.1 cm³/mol. The van der Waals surface area contributed by atoms with Crippen molar-refractivity contribution in [2.24, 2.45) is 11.7 Å². The molecule has 0 saturated carbocycles. The molecule has 14 heavy (non-hydrogen) atoms. The van der Waals surface area contributed by atoms with Crippen molar-refractivity contribution >= 4 is 5.97 Å². The third kappa shape index (κ3) is 8.01. The molecule has 0 heterocycles. The van der Waals surface area contributed by atoms with Gasteiger partial charge in [0.2, 0.25) is 0 Å². The lowest BCUT2D eigenvalue weighted by molar-refractivity contribution is -0.139. The summed E-state index contributed by atoms with van der Waals surface area (Å²) in [5, 5.41) is 8.48. The normalized spacial score (nSPS) is 13.1. The lowest BCUT2D eigenvalue weighted by Crippen LogP contribution is -2.31. The Balaban J connectivity index is 3.17. The van der Waals surface area contributed by atoms with Gasteiger partial charge in [-0.15, -0.1) is 0 Å². The predicted octanol–water partition coefficient (Wildman–Crippen LogP) is 1.24. The molecule has 0 spiro atoms. The summed E-state index contributed by atoms with van der Waals surface area (Å²) in [5.41, 5.74) is 5.30. The van der Waals surface area contributed by atoms with Gasteiger partial charge in [0.05, 0.1) is 0 Å². The average Bonchev–Trinajstić information content (AvgIpc) is 2.09. The first-order valence-electron chi connectivity index (χ1n) is 5.10. The zero-order valence-electron chi connectivity index (χ0n) is 9.03. The van der Waals surface area contributed by atoms with Gasteiger partial charge in [0, 0.05) is 13.2 Å². The number of ether oxygens (including phenoxy) is 1. The molecule has 0 aliphatic rings. The van der Waals surface area contributed by atoms with Crippen LogP contribution >= 0.6 is 0 Å². The molecule has 3 N–H and O–H groups in total. The highest BCUT2D eigenvalue weighted by atomic mass is 16.5. The summed E-state index contributed by atoms with van der Waals surface area (Å²) in [6.07, 6.45) is 2.56.